The van der Waals surface area contributed by atoms with Crippen molar-refractivity contribution in [2.45, 2.75) is 20.4 Å². The topological polar surface area (TPSA) is 68.1 Å². The van der Waals surface area contributed by atoms with Gasteiger partial charge in [0.05, 0.1) is 29.6 Å². The predicted molar refractivity (Wildman–Crippen MR) is 135 cm³/mol. The van der Waals surface area contributed by atoms with Gasteiger partial charge in [-0.2, -0.15) is 0 Å². The Kier molecular flexibility index (Phi) is 5.62. The molecule has 33 heavy (non-hydrogen) atoms. The van der Waals surface area contributed by atoms with Crippen molar-refractivity contribution in [3.63, 3.8) is 0 Å². The Morgan fingerprint density at radius 3 is 2.67 bits per heavy atom. The molecule has 8 heteroatoms. The lowest BCUT2D eigenvalue weighted by molar-refractivity contribution is -0.115. The van der Waals surface area contributed by atoms with Gasteiger partial charge in [-0.1, -0.05) is 42.5 Å². The van der Waals surface area contributed by atoms with Crippen molar-refractivity contribution < 1.29 is 4.79 Å². The number of amides is 1. The van der Waals surface area contributed by atoms with E-state index in [2.05, 4.69) is 9.97 Å². The van der Waals surface area contributed by atoms with E-state index in [0.29, 0.717) is 16.2 Å². The van der Waals surface area contributed by atoms with Crippen LogP contribution in [0.3, 0.4) is 0 Å². The molecule has 0 aliphatic heterocycles. The first-order valence-corrected chi connectivity index (χ1v) is 12.1. The molecule has 0 spiro atoms. The van der Waals surface area contributed by atoms with Crippen LogP contribution in [0.1, 0.15) is 18.2 Å². The van der Waals surface area contributed by atoms with Crippen molar-refractivity contribution in [2.24, 2.45) is 0 Å². The van der Waals surface area contributed by atoms with Crippen LogP contribution < -0.4 is 10.5 Å². The Balaban J connectivity index is 1.45. The van der Waals surface area contributed by atoms with Gasteiger partial charge in [0.2, 0.25) is 5.91 Å². The average molecular weight is 473 g/mol. The van der Waals surface area contributed by atoms with Crippen LogP contribution in [-0.4, -0.2) is 20.4 Å². The minimum Gasteiger partial charge on any atom is -0.293 e. The van der Waals surface area contributed by atoms with Gasteiger partial charge in [-0.3, -0.25) is 19.1 Å². The van der Waals surface area contributed by atoms with Gasteiger partial charge in [0.15, 0.2) is 5.13 Å². The van der Waals surface area contributed by atoms with Crippen LogP contribution in [0.2, 0.25) is 0 Å². The number of benzene rings is 2. The highest BCUT2D eigenvalue weighted by Crippen LogP contribution is 2.31. The monoisotopic (exact) mass is 472 g/mol. The SMILES string of the molecule is CC(=O)N(c1cccc(C)c1)c1nc(Cn2cnc3sc(-c4ccccc4)cc3c2=O)cs1. The third-order valence-corrected chi connectivity index (χ3v) is 7.18. The van der Waals surface area contributed by atoms with Gasteiger partial charge in [0.1, 0.15) is 4.83 Å². The van der Waals surface area contributed by atoms with Crippen molar-refractivity contribution in [2.75, 3.05) is 4.90 Å². The Morgan fingerprint density at radius 1 is 1.09 bits per heavy atom. The second-order valence-corrected chi connectivity index (χ2v) is 9.56. The molecule has 0 unspecified atom stereocenters. The number of fused-ring (bicyclic) bond motifs is 1. The lowest BCUT2D eigenvalue weighted by Gasteiger charge is -2.18. The summed E-state index contributed by atoms with van der Waals surface area (Å²) in [5.74, 6) is -0.117. The van der Waals surface area contributed by atoms with E-state index in [1.807, 2.05) is 73.0 Å². The summed E-state index contributed by atoms with van der Waals surface area (Å²) < 4.78 is 1.56. The van der Waals surface area contributed by atoms with Gasteiger partial charge in [0, 0.05) is 17.2 Å². The molecule has 0 aliphatic carbocycles. The minimum atomic E-state index is -0.117. The molecule has 0 saturated heterocycles. The Labute approximate surface area is 198 Å². The molecule has 0 atom stereocenters. The number of nitrogens with zero attached hydrogens (tertiary/aromatic N) is 4. The van der Waals surface area contributed by atoms with E-state index in [4.69, 9.17) is 0 Å². The average Bonchev–Trinajstić information content (AvgIpc) is 3.44. The normalized spacial score (nSPS) is 11.1. The van der Waals surface area contributed by atoms with Crippen molar-refractivity contribution in [1.82, 2.24) is 14.5 Å². The highest BCUT2D eigenvalue weighted by Gasteiger charge is 2.19. The largest absolute Gasteiger partial charge is 0.293 e. The van der Waals surface area contributed by atoms with Crippen LogP contribution in [0.25, 0.3) is 20.7 Å². The predicted octanol–water partition coefficient (Wildman–Crippen LogP) is 5.62. The summed E-state index contributed by atoms with van der Waals surface area (Å²) in [6, 6.07) is 19.6. The summed E-state index contributed by atoms with van der Waals surface area (Å²) in [6.07, 6.45) is 1.57. The third-order valence-electron chi connectivity index (χ3n) is 5.21. The molecule has 0 radical (unpaired) electrons. The van der Waals surface area contributed by atoms with Crippen LogP contribution in [0.5, 0.6) is 0 Å². The second-order valence-electron chi connectivity index (χ2n) is 7.69. The molecule has 6 nitrogen and oxygen atoms in total. The van der Waals surface area contributed by atoms with Gasteiger partial charge in [-0.05, 0) is 36.2 Å². The molecular weight excluding hydrogens is 452 g/mol. The van der Waals surface area contributed by atoms with E-state index in [9.17, 15) is 9.59 Å². The van der Waals surface area contributed by atoms with Crippen molar-refractivity contribution >= 4 is 49.6 Å². The van der Waals surface area contributed by atoms with E-state index in [1.165, 1.54) is 29.6 Å². The van der Waals surface area contributed by atoms with Gasteiger partial charge in [0.25, 0.3) is 5.56 Å². The molecule has 0 N–H and O–H groups in total. The molecule has 0 saturated carbocycles. The maximum atomic E-state index is 13.1. The zero-order valence-corrected chi connectivity index (χ0v) is 19.7. The van der Waals surface area contributed by atoms with Crippen LogP contribution in [0.15, 0.2) is 77.2 Å². The number of thiophene rings is 1. The van der Waals surface area contributed by atoms with Crippen LogP contribution >= 0.6 is 22.7 Å². The Bertz CT molecular complexity index is 1520. The summed E-state index contributed by atoms with van der Waals surface area (Å²) in [4.78, 5) is 38.0. The van der Waals surface area contributed by atoms with Crippen LogP contribution in [0.4, 0.5) is 10.8 Å². The molecule has 0 fully saturated rings. The van der Waals surface area contributed by atoms with Gasteiger partial charge in [-0.25, -0.2) is 9.97 Å². The van der Waals surface area contributed by atoms with Gasteiger partial charge >= 0.3 is 0 Å². The van der Waals surface area contributed by atoms with Gasteiger partial charge < -0.3 is 0 Å². The number of carbonyl (C=O) groups is 1. The fraction of sp³-hybridized carbons (Fsp3) is 0.120. The van der Waals surface area contributed by atoms with Gasteiger partial charge in [-0.15, -0.1) is 22.7 Å². The van der Waals surface area contributed by atoms with E-state index in [-0.39, 0.29) is 18.0 Å². The molecule has 2 aromatic carbocycles. The lowest BCUT2D eigenvalue weighted by Crippen LogP contribution is -2.23. The van der Waals surface area contributed by atoms with Crippen molar-refractivity contribution in [3.8, 4) is 10.4 Å². The fourth-order valence-corrected chi connectivity index (χ4v) is 5.53. The molecule has 164 valence electrons. The highest BCUT2D eigenvalue weighted by atomic mass is 32.1. The molecule has 3 aromatic heterocycles. The molecule has 0 bridgehead atoms. The quantitative estimate of drug-likeness (QED) is 0.333. The summed E-state index contributed by atoms with van der Waals surface area (Å²) in [5, 5.41) is 3.05. The molecule has 5 rings (SSSR count). The first kappa shape index (κ1) is 21.2. The zero-order valence-electron chi connectivity index (χ0n) is 18.1. The smallest absolute Gasteiger partial charge is 0.262 e. The number of hydrogen-bond donors (Lipinski definition) is 0. The lowest BCUT2D eigenvalue weighted by atomic mass is 10.2. The van der Waals surface area contributed by atoms with E-state index < -0.39 is 0 Å². The standard InChI is InChI=1S/C25H20N4O2S2/c1-16-7-6-10-20(11-16)29(17(2)30)25-27-19(14-32-25)13-28-15-26-23-21(24(28)31)12-22(33-23)18-8-4-3-5-9-18/h3-12,14-15H,13H2,1-2H3. The molecular formula is C25H20N4O2S2. The van der Waals surface area contributed by atoms with E-state index in [1.54, 1.807) is 15.8 Å². The first-order valence-electron chi connectivity index (χ1n) is 10.4. The summed E-state index contributed by atoms with van der Waals surface area (Å²) in [6.45, 7) is 3.79. The summed E-state index contributed by atoms with van der Waals surface area (Å²) >= 11 is 2.88. The minimum absolute atomic E-state index is 0.102. The number of anilines is 2. The van der Waals surface area contributed by atoms with Crippen LogP contribution in [0, 0.1) is 6.92 Å². The molecule has 5 aromatic rings. The van der Waals surface area contributed by atoms with Crippen molar-refractivity contribution in [1.29, 1.82) is 0 Å². The number of aromatic nitrogens is 3. The summed E-state index contributed by atoms with van der Waals surface area (Å²) in [5.41, 5.74) is 3.50. The highest BCUT2D eigenvalue weighted by molar-refractivity contribution is 7.21. The molecule has 0 aliphatic rings. The molecule has 3 heterocycles. The zero-order chi connectivity index (χ0) is 22.9. The number of carbonyl (C=O) groups excluding carboxylic acids is 1. The Hall–Kier alpha value is -3.62. The summed E-state index contributed by atoms with van der Waals surface area (Å²) in [7, 11) is 0. The van der Waals surface area contributed by atoms with E-state index >= 15 is 0 Å². The second kappa shape index (κ2) is 8.73. The first-order chi connectivity index (χ1) is 16.0. The maximum Gasteiger partial charge on any atom is 0.262 e. The molecule has 1 amide bonds. The van der Waals surface area contributed by atoms with E-state index in [0.717, 1.165) is 26.5 Å². The fourth-order valence-electron chi connectivity index (χ4n) is 3.66. The third kappa shape index (κ3) is 4.22. The number of thiazole rings is 1. The number of hydrogen-bond acceptors (Lipinski definition) is 6. The van der Waals surface area contributed by atoms with Crippen molar-refractivity contribution in [3.05, 3.63) is 94.0 Å². The number of aryl methyl sites for hydroxylation is 1. The maximum absolute atomic E-state index is 13.1. The Morgan fingerprint density at radius 2 is 1.91 bits per heavy atom. The number of rotatable bonds is 5. The van der Waals surface area contributed by atoms with Crippen LogP contribution in [-0.2, 0) is 11.3 Å².